The Morgan fingerprint density at radius 1 is 0.607 bits per heavy atom. The van der Waals surface area contributed by atoms with Crippen LogP contribution in [0.25, 0.3) is 39.0 Å². The summed E-state index contributed by atoms with van der Waals surface area (Å²) in [5, 5.41) is 4.47. The van der Waals surface area contributed by atoms with E-state index in [1.807, 2.05) is 35.0 Å². The zero-order valence-corrected chi connectivity index (χ0v) is 16.5. The van der Waals surface area contributed by atoms with Gasteiger partial charge in [-0.05, 0) is 44.3 Å². The van der Waals surface area contributed by atoms with Crippen LogP contribution in [0.2, 0.25) is 0 Å². The molecule has 134 valence electrons. The third-order valence-corrected chi connectivity index (χ3v) is 5.15. The van der Waals surface area contributed by atoms with Crippen LogP contribution in [0.3, 0.4) is 0 Å². The van der Waals surface area contributed by atoms with Crippen LogP contribution in [-0.4, -0.2) is 14.6 Å². The van der Waals surface area contributed by atoms with E-state index in [1.54, 1.807) is 0 Å². The molecule has 0 spiro atoms. The van der Waals surface area contributed by atoms with Gasteiger partial charge >= 0.3 is 0 Å². The van der Waals surface area contributed by atoms with Gasteiger partial charge in [0.1, 0.15) is 0 Å². The number of rotatable bonds is 3. The number of hydrogen-bond donors (Lipinski definition) is 0. The van der Waals surface area contributed by atoms with Crippen molar-refractivity contribution in [3.63, 3.8) is 0 Å². The van der Waals surface area contributed by atoms with Gasteiger partial charge in [0, 0.05) is 17.3 Å². The Bertz CT molecular complexity index is 1240. The summed E-state index contributed by atoms with van der Waals surface area (Å²) in [6, 6.07) is 31.5. The highest BCUT2D eigenvalue weighted by atomic mass is 79.9. The molecule has 3 aromatic carbocycles. The Hall–Kier alpha value is -3.24. The number of hydrogen-bond acceptors (Lipinski definition) is 2. The van der Waals surface area contributed by atoms with Gasteiger partial charge in [-0.2, -0.15) is 0 Å². The average Bonchev–Trinajstić information content (AvgIpc) is 3.14. The number of pyridine rings is 1. The van der Waals surface area contributed by atoms with Crippen LogP contribution in [0.1, 0.15) is 0 Å². The smallest absolute Gasteiger partial charge is 0.218 e. The fourth-order valence-electron chi connectivity index (χ4n) is 3.43. The molecule has 0 aliphatic rings. The van der Waals surface area contributed by atoms with Crippen molar-refractivity contribution in [2.24, 2.45) is 0 Å². The molecule has 3 nitrogen and oxygen atoms in total. The van der Waals surface area contributed by atoms with Crippen molar-refractivity contribution < 1.29 is 0 Å². The van der Waals surface area contributed by atoms with E-state index in [2.05, 4.69) is 92.7 Å². The van der Waals surface area contributed by atoms with E-state index in [9.17, 15) is 0 Å². The minimum absolute atomic E-state index is 0.584. The van der Waals surface area contributed by atoms with Crippen molar-refractivity contribution in [2.45, 2.75) is 0 Å². The van der Waals surface area contributed by atoms with Crippen LogP contribution >= 0.6 is 15.9 Å². The van der Waals surface area contributed by atoms with Crippen molar-refractivity contribution in [1.82, 2.24) is 14.6 Å². The van der Waals surface area contributed by atoms with Crippen LogP contribution in [-0.2, 0) is 0 Å². The first-order chi connectivity index (χ1) is 13.8. The van der Waals surface area contributed by atoms with Gasteiger partial charge in [-0.15, -0.1) is 5.10 Å². The Labute approximate surface area is 171 Å². The molecule has 5 rings (SSSR count). The maximum Gasteiger partial charge on any atom is 0.218 e. The lowest BCUT2D eigenvalue weighted by atomic mass is 9.99. The highest BCUT2D eigenvalue weighted by molar-refractivity contribution is 9.10. The molecule has 0 saturated carbocycles. The zero-order chi connectivity index (χ0) is 18.9. The van der Waals surface area contributed by atoms with Crippen LogP contribution in [0.4, 0.5) is 0 Å². The molecule has 0 amide bonds. The lowest BCUT2D eigenvalue weighted by Crippen LogP contribution is -1.93. The number of benzene rings is 3. The highest BCUT2D eigenvalue weighted by Gasteiger charge is 2.12. The fourth-order valence-corrected chi connectivity index (χ4v) is 3.77. The number of fused-ring (bicyclic) bond motifs is 1. The molecule has 0 aliphatic heterocycles. The van der Waals surface area contributed by atoms with Gasteiger partial charge in [-0.3, -0.25) is 0 Å². The molecule has 0 fully saturated rings. The van der Waals surface area contributed by atoms with Crippen molar-refractivity contribution in [2.75, 3.05) is 0 Å². The largest absolute Gasteiger partial charge is 0.219 e. The Morgan fingerprint density at radius 3 is 1.79 bits per heavy atom. The normalized spacial score (nSPS) is 11.0. The van der Waals surface area contributed by atoms with Crippen molar-refractivity contribution >= 4 is 21.6 Å². The van der Waals surface area contributed by atoms with Crippen LogP contribution < -0.4 is 0 Å². The van der Waals surface area contributed by atoms with Gasteiger partial charge in [0.2, 0.25) is 4.73 Å². The summed E-state index contributed by atoms with van der Waals surface area (Å²) in [4.78, 5) is 4.55. The molecule has 2 heterocycles. The van der Waals surface area contributed by atoms with Gasteiger partial charge in [0.15, 0.2) is 5.65 Å². The molecular formula is C24H16BrN3. The second-order valence-electron chi connectivity index (χ2n) is 6.60. The van der Waals surface area contributed by atoms with E-state index in [1.165, 1.54) is 11.1 Å². The lowest BCUT2D eigenvalue weighted by molar-refractivity contribution is 0.948. The first-order valence-corrected chi connectivity index (χ1v) is 9.84. The maximum absolute atomic E-state index is 4.55. The zero-order valence-electron chi connectivity index (χ0n) is 15.0. The quantitative estimate of drug-likeness (QED) is 0.330. The fraction of sp³-hybridized carbons (Fsp3) is 0. The third kappa shape index (κ3) is 3.12. The molecule has 0 N–H and O–H groups in total. The van der Waals surface area contributed by atoms with Crippen LogP contribution in [0.5, 0.6) is 0 Å². The third-order valence-electron chi connectivity index (χ3n) is 4.82. The summed E-state index contributed by atoms with van der Waals surface area (Å²) in [6.07, 6.45) is 2.02. The molecule has 0 unspecified atom stereocenters. The van der Waals surface area contributed by atoms with Crippen LogP contribution in [0.15, 0.2) is 102 Å². The summed E-state index contributed by atoms with van der Waals surface area (Å²) in [5.74, 6) is 0. The van der Waals surface area contributed by atoms with Crippen molar-refractivity contribution in [3.05, 3.63) is 102 Å². The number of aromatic nitrogens is 3. The van der Waals surface area contributed by atoms with E-state index < -0.39 is 0 Å². The summed E-state index contributed by atoms with van der Waals surface area (Å²) < 4.78 is 2.42. The standard InChI is InChI=1S/C24H16BrN3/c25-24-26-23-22(20-9-5-2-6-10-20)15-21(16-28(23)27-24)19-13-11-18(12-14-19)17-7-3-1-4-8-17/h1-16H. The summed E-state index contributed by atoms with van der Waals surface area (Å²) >= 11 is 3.40. The van der Waals surface area contributed by atoms with Gasteiger partial charge in [0.25, 0.3) is 0 Å². The predicted molar refractivity (Wildman–Crippen MR) is 117 cm³/mol. The minimum Gasteiger partial charge on any atom is -0.219 e. The SMILES string of the molecule is Brc1nc2c(-c3ccccc3)cc(-c3ccc(-c4ccccc4)cc3)cn2n1. The van der Waals surface area contributed by atoms with E-state index in [4.69, 9.17) is 0 Å². The first kappa shape index (κ1) is 16.9. The maximum atomic E-state index is 4.55. The molecule has 0 saturated heterocycles. The second-order valence-corrected chi connectivity index (χ2v) is 7.31. The topological polar surface area (TPSA) is 30.2 Å². The molecule has 4 heteroatoms. The second kappa shape index (κ2) is 7.06. The highest BCUT2D eigenvalue weighted by Crippen LogP contribution is 2.31. The predicted octanol–water partition coefficient (Wildman–Crippen LogP) is 6.49. The van der Waals surface area contributed by atoms with Crippen LogP contribution in [0, 0.1) is 0 Å². The van der Waals surface area contributed by atoms with E-state index in [0.29, 0.717) is 4.73 Å². The summed E-state index contributed by atoms with van der Waals surface area (Å²) in [6.45, 7) is 0. The molecule has 0 atom stereocenters. The van der Waals surface area contributed by atoms with Gasteiger partial charge in [-0.25, -0.2) is 9.50 Å². The number of halogens is 1. The Morgan fingerprint density at radius 2 is 1.14 bits per heavy atom. The van der Waals surface area contributed by atoms with Gasteiger partial charge < -0.3 is 0 Å². The molecule has 0 aliphatic carbocycles. The minimum atomic E-state index is 0.584. The van der Waals surface area contributed by atoms with E-state index in [0.717, 1.165) is 27.9 Å². The molecular weight excluding hydrogens is 410 g/mol. The monoisotopic (exact) mass is 425 g/mol. The van der Waals surface area contributed by atoms with Crippen molar-refractivity contribution in [1.29, 1.82) is 0 Å². The van der Waals surface area contributed by atoms with E-state index in [-0.39, 0.29) is 0 Å². The molecule has 0 bridgehead atoms. The molecule has 2 aromatic heterocycles. The summed E-state index contributed by atoms with van der Waals surface area (Å²) in [5.41, 5.74) is 7.68. The molecule has 28 heavy (non-hydrogen) atoms. The average molecular weight is 426 g/mol. The lowest BCUT2D eigenvalue weighted by Gasteiger charge is -2.09. The number of nitrogens with zero attached hydrogens (tertiary/aromatic N) is 3. The summed E-state index contributed by atoms with van der Waals surface area (Å²) in [7, 11) is 0. The first-order valence-electron chi connectivity index (χ1n) is 9.05. The Kier molecular flexibility index (Phi) is 4.26. The Balaban J connectivity index is 1.63. The van der Waals surface area contributed by atoms with Crippen molar-refractivity contribution in [3.8, 4) is 33.4 Å². The van der Waals surface area contributed by atoms with E-state index >= 15 is 0 Å². The molecule has 5 aromatic rings. The molecule has 0 radical (unpaired) electrons. The van der Waals surface area contributed by atoms with Gasteiger partial charge in [0.05, 0.1) is 0 Å². The van der Waals surface area contributed by atoms with Gasteiger partial charge in [-0.1, -0.05) is 84.9 Å².